The van der Waals surface area contributed by atoms with Crippen LogP contribution in [-0.2, 0) is 6.54 Å². The first-order valence-corrected chi connectivity index (χ1v) is 8.04. The maximum atomic E-state index is 12.3. The second-order valence-electron chi connectivity index (χ2n) is 5.02. The van der Waals surface area contributed by atoms with Gasteiger partial charge in [0.25, 0.3) is 5.91 Å². The zero-order chi connectivity index (χ0) is 16.9. The monoisotopic (exact) mass is 340 g/mol. The number of carbonyl (C=O) groups is 1. The molecule has 2 heterocycles. The minimum Gasteiger partial charge on any atom is -0.497 e. The number of anilines is 1. The first-order chi connectivity index (χ1) is 11.7. The number of methoxy groups -OCH3 is 1. The summed E-state index contributed by atoms with van der Waals surface area (Å²) in [5, 5.41) is 2.85. The van der Waals surface area contributed by atoms with E-state index in [0.29, 0.717) is 28.5 Å². The zero-order valence-corrected chi connectivity index (χ0v) is 13.8. The second kappa shape index (κ2) is 7.10. The highest BCUT2D eigenvalue weighted by Gasteiger charge is 2.18. The number of nitrogen functional groups attached to an aromatic ring is 1. The molecule has 2 aromatic heterocycles. The van der Waals surface area contributed by atoms with E-state index in [1.807, 2.05) is 42.5 Å². The summed E-state index contributed by atoms with van der Waals surface area (Å²) in [5.74, 6) is 0.528. The van der Waals surface area contributed by atoms with Gasteiger partial charge in [0, 0.05) is 12.7 Å². The summed E-state index contributed by atoms with van der Waals surface area (Å²) in [6.07, 6.45) is 1.66. The first kappa shape index (κ1) is 15.9. The Morgan fingerprint density at radius 1 is 1.25 bits per heavy atom. The Bertz CT molecular complexity index is 832. The standard InChI is InChI=1S/C17H16N4O2S/c1-23-12-7-5-11(6-8-12)10-20-17(22)16-14(18)15(21-24-16)13-4-2-3-9-19-13/h2-9H,10,18H2,1H3,(H,20,22). The third-order valence-corrected chi connectivity index (χ3v) is 4.32. The molecule has 122 valence electrons. The molecule has 0 saturated carbocycles. The molecular weight excluding hydrogens is 324 g/mol. The third kappa shape index (κ3) is 3.36. The number of rotatable bonds is 5. The normalized spacial score (nSPS) is 10.4. The van der Waals surface area contributed by atoms with Crippen LogP contribution in [0.4, 0.5) is 5.69 Å². The molecule has 24 heavy (non-hydrogen) atoms. The highest BCUT2D eigenvalue weighted by Crippen LogP contribution is 2.29. The Kier molecular flexibility index (Phi) is 4.72. The van der Waals surface area contributed by atoms with E-state index in [-0.39, 0.29) is 5.91 Å². The minimum absolute atomic E-state index is 0.247. The zero-order valence-electron chi connectivity index (χ0n) is 13.0. The summed E-state index contributed by atoms with van der Waals surface area (Å²) >= 11 is 1.07. The average molecular weight is 340 g/mol. The molecule has 3 aromatic rings. The number of nitrogens with zero attached hydrogens (tertiary/aromatic N) is 2. The van der Waals surface area contributed by atoms with Gasteiger partial charge in [0.05, 0.1) is 18.5 Å². The van der Waals surface area contributed by atoms with Crippen LogP contribution in [0.2, 0.25) is 0 Å². The highest BCUT2D eigenvalue weighted by atomic mass is 32.1. The van der Waals surface area contributed by atoms with Crippen LogP contribution in [0.1, 0.15) is 15.2 Å². The van der Waals surface area contributed by atoms with E-state index < -0.39 is 0 Å². The van der Waals surface area contributed by atoms with Gasteiger partial charge >= 0.3 is 0 Å². The van der Waals surface area contributed by atoms with Crippen LogP contribution < -0.4 is 15.8 Å². The fraction of sp³-hybridized carbons (Fsp3) is 0.118. The van der Waals surface area contributed by atoms with Crippen LogP contribution in [0.25, 0.3) is 11.4 Å². The number of amides is 1. The van der Waals surface area contributed by atoms with Gasteiger partial charge in [-0.05, 0) is 41.4 Å². The van der Waals surface area contributed by atoms with Gasteiger partial charge in [0.1, 0.15) is 16.3 Å². The summed E-state index contributed by atoms with van der Waals surface area (Å²) in [6.45, 7) is 0.402. The van der Waals surface area contributed by atoms with Gasteiger partial charge in [-0.3, -0.25) is 9.78 Å². The molecule has 1 amide bonds. The Morgan fingerprint density at radius 3 is 2.71 bits per heavy atom. The molecule has 0 radical (unpaired) electrons. The average Bonchev–Trinajstić information content (AvgIpc) is 3.02. The predicted octanol–water partition coefficient (Wildman–Crippen LogP) is 2.73. The molecule has 0 aliphatic carbocycles. The van der Waals surface area contributed by atoms with Crippen molar-refractivity contribution in [3.05, 3.63) is 59.1 Å². The summed E-state index contributed by atoms with van der Waals surface area (Å²) in [7, 11) is 1.61. The molecular formula is C17H16N4O2S. The van der Waals surface area contributed by atoms with E-state index in [0.717, 1.165) is 22.8 Å². The molecule has 6 nitrogen and oxygen atoms in total. The summed E-state index contributed by atoms with van der Waals surface area (Å²) in [6, 6.07) is 13.0. The van der Waals surface area contributed by atoms with Crippen molar-refractivity contribution in [2.75, 3.05) is 12.8 Å². The van der Waals surface area contributed by atoms with E-state index in [2.05, 4.69) is 14.7 Å². The number of pyridine rings is 1. The molecule has 0 aliphatic rings. The number of carbonyl (C=O) groups excluding carboxylic acids is 1. The molecule has 1 aromatic carbocycles. The molecule has 0 spiro atoms. The maximum absolute atomic E-state index is 12.3. The van der Waals surface area contributed by atoms with Crippen LogP contribution in [0, 0.1) is 0 Å². The molecule has 7 heteroatoms. The number of nitrogens with one attached hydrogen (secondary N) is 1. The van der Waals surface area contributed by atoms with Gasteiger partial charge in [-0.1, -0.05) is 18.2 Å². The van der Waals surface area contributed by atoms with E-state index in [4.69, 9.17) is 10.5 Å². The fourth-order valence-electron chi connectivity index (χ4n) is 2.15. The van der Waals surface area contributed by atoms with Crippen LogP contribution >= 0.6 is 11.5 Å². The topological polar surface area (TPSA) is 90.1 Å². The quantitative estimate of drug-likeness (QED) is 0.745. The lowest BCUT2D eigenvalue weighted by Crippen LogP contribution is -2.22. The number of ether oxygens (including phenoxy) is 1. The van der Waals surface area contributed by atoms with Crippen molar-refractivity contribution < 1.29 is 9.53 Å². The van der Waals surface area contributed by atoms with Crippen molar-refractivity contribution >= 4 is 23.1 Å². The molecule has 3 N–H and O–H groups in total. The minimum atomic E-state index is -0.247. The first-order valence-electron chi connectivity index (χ1n) is 7.26. The Hall–Kier alpha value is -2.93. The van der Waals surface area contributed by atoms with Crippen molar-refractivity contribution in [2.24, 2.45) is 0 Å². The Labute approximate surface area is 143 Å². The van der Waals surface area contributed by atoms with Crippen LogP contribution in [0.15, 0.2) is 48.7 Å². The van der Waals surface area contributed by atoms with Crippen molar-refractivity contribution in [2.45, 2.75) is 6.54 Å². The van der Waals surface area contributed by atoms with Gasteiger partial charge in [0.15, 0.2) is 0 Å². The molecule has 0 saturated heterocycles. The number of hydrogen-bond acceptors (Lipinski definition) is 6. The fourth-order valence-corrected chi connectivity index (χ4v) is 2.88. The van der Waals surface area contributed by atoms with Gasteiger partial charge in [-0.2, -0.15) is 4.37 Å². The van der Waals surface area contributed by atoms with Gasteiger partial charge in [0.2, 0.25) is 0 Å². The summed E-state index contributed by atoms with van der Waals surface area (Å²) in [4.78, 5) is 16.9. The molecule has 0 aliphatic heterocycles. The number of hydrogen-bond donors (Lipinski definition) is 2. The van der Waals surface area contributed by atoms with Gasteiger partial charge < -0.3 is 15.8 Å². The van der Waals surface area contributed by atoms with Crippen molar-refractivity contribution in [3.63, 3.8) is 0 Å². The lowest BCUT2D eigenvalue weighted by Gasteiger charge is -2.06. The molecule has 0 unspecified atom stereocenters. The summed E-state index contributed by atoms with van der Waals surface area (Å²) < 4.78 is 9.37. The van der Waals surface area contributed by atoms with E-state index in [9.17, 15) is 4.79 Å². The van der Waals surface area contributed by atoms with E-state index in [1.165, 1.54) is 0 Å². The molecule has 0 atom stereocenters. The number of nitrogens with two attached hydrogens (primary N) is 1. The van der Waals surface area contributed by atoms with E-state index in [1.54, 1.807) is 13.3 Å². The maximum Gasteiger partial charge on any atom is 0.265 e. The van der Waals surface area contributed by atoms with E-state index >= 15 is 0 Å². The summed E-state index contributed by atoms with van der Waals surface area (Å²) in [5.41, 5.74) is 8.59. The third-order valence-electron chi connectivity index (χ3n) is 3.45. The largest absolute Gasteiger partial charge is 0.497 e. The number of aromatic nitrogens is 2. The lowest BCUT2D eigenvalue weighted by molar-refractivity contribution is 0.0956. The smallest absolute Gasteiger partial charge is 0.265 e. The van der Waals surface area contributed by atoms with Crippen LogP contribution in [0.3, 0.4) is 0 Å². The SMILES string of the molecule is COc1ccc(CNC(=O)c2snc(-c3ccccn3)c2N)cc1. The molecule has 3 rings (SSSR count). The Morgan fingerprint density at radius 2 is 2.04 bits per heavy atom. The molecule has 0 bridgehead atoms. The van der Waals surface area contributed by atoms with Crippen molar-refractivity contribution in [1.82, 2.24) is 14.7 Å². The van der Waals surface area contributed by atoms with Crippen molar-refractivity contribution in [3.8, 4) is 17.1 Å². The lowest BCUT2D eigenvalue weighted by atomic mass is 10.2. The van der Waals surface area contributed by atoms with Gasteiger partial charge in [-0.25, -0.2) is 0 Å². The second-order valence-corrected chi connectivity index (χ2v) is 5.79. The highest BCUT2D eigenvalue weighted by molar-refractivity contribution is 7.09. The number of benzene rings is 1. The Balaban J connectivity index is 1.70. The van der Waals surface area contributed by atoms with Crippen LogP contribution in [0.5, 0.6) is 5.75 Å². The predicted molar refractivity (Wildman–Crippen MR) is 93.9 cm³/mol. The molecule has 0 fully saturated rings. The van der Waals surface area contributed by atoms with Crippen molar-refractivity contribution in [1.29, 1.82) is 0 Å². The van der Waals surface area contributed by atoms with Crippen LogP contribution in [-0.4, -0.2) is 22.4 Å². The van der Waals surface area contributed by atoms with Gasteiger partial charge in [-0.15, -0.1) is 0 Å².